The second-order valence-electron chi connectivity index (χ2n) is 4.03. The Morgan fingerprint density at radius 3 is 3.06 bits per heavy atom. The van der Waals surface area contributed by atoms with Crippen LogP contribution in [0, 0.1) is 11.7 Å². The molecular weight excluding hydrogens is 205 g/mol. The van der Waals surface area contributed by atoms with Gasteiger partial charge in [-0.1, -0.05) is 18.2 Å². The van der Waals surface area contributed by atoms with Crippen molar-refractivity contribution in [1.29, 1.82) is 0 Å². The Kier molecular flexibility index (Phi) is 3.34. The van der Waals surface area contributed by atoms with Gasteiger partial charge in [0.05, 0.1) is 0 Å². The van der Waals surface area contributed by atoms with Crippen LogP contribution in [0.4, 0.5) is 10.1 Å². The molecule has 0 aromatic heterocycles. The molecule has 16 heavy (non-hydrogen) atoms. The average molecular weight is 219 g/mol. The number of benzene rings is 1. The summed E-state index contributed by atoms with van der Waals surface area (Å²) in [6.45, 7) is 0. The number of halogens is 1. The van der Waals surface area contributed by atoms with Gasteiger partial charge in [-0.05, 0) is 37.0 Å². The molecule has 1 aromatic rings. The first-order chi connectivity index (χ1) is 7.74. The Morgan fingerprint density at radius 2 is 2.38 bits per heavy atom. The average Bonchev–Trinajstić information content (AvgIpc) is 2.70. The van der Waals surface area contributed by atoms with Crippen molar-refractivity contribution < 1.29 is 9.18 Å². The van der Waals surface area contributed by atoms with Gasteiger partial charge in [0, 0.05) is 12.1 Å². The van der Waals surface area contributed by atoms with Crippen molar-refractivity contribution >= 4 is 11.6 Å². The van der Waals surface area contributed by atoms with E-state index < -0.39 is 0 Å². The van der Waals surface area contributed by atoms with Crippen LogP contribution in [0.1, 0.15) is 19.3 Å². The van der Waals surface area contributed by atoms with Crippen molar-refractivity contribution in [2.45, 2.75) is 19.3 Å². The van der Waals surface area contributed by atoms with Crippen LogP contribution in [0.3, 0.4) is 0 Å². The second-order valence-corrected chi connectivity index (χ2v) is 4.03. The fourth-order valence-corrected chi connectivity index (χ4v) is 1.88. The maximum atomic E-state index is 12.9. The monoisotopic (exact) mass is 219 g/mol. The molecule has 0 radical (unpaired) electrons. The first-order valence-electron chi connectivity index (χ1n) is 5.46. The van der Waals surface area contributed by atoms with Gasteiger partial charge in [-0.25, -0.2) is 4.39 Å². The molecule has 0 bridgehead atoms. The third-order valence-corrected chi connectivity index (χ3v) is 2.67. The first-order valence-corrected chi connectivity index (χ1v) is 5.46. The van der Waals surface area contributed by atoms with E-state index in [1.165, 1.54) is 12.1 Å². The van der Waals surface area contributed by atoms with E-state index in [4.69, 9.17) is 0 Å². The van der Waals surface area contributed by atoms with Crippen molar-refractivity contribution in [1.82, 2.24) is 0 Å². The molecule has 2 rings (SSSR count). The van der Waals surface area contributed by atoms with Crippen LogP contribution in [-0.2, 0) is 4.79 Å². The fraction of sp³-hybridized carbons (Fsp3) is 0.308. The minimum absolute atomic E-state index is 0.0536. The summed E-state index contributed by atoms with van der Waals surface area (Å²) in [5.74, 6) is -0.0470. The van der Waals surface area contributed by atoms with E-state index in [9.17, 15) is 9.18 Å². The summed E-state index contributed by atoms with van der Waals surface area (Å²) in [5.41, 5.74) is 0.520. The van der Waals surface area contributed by atoms with Gasteiger partial charge in [0.1, 0.15) is 5.82 Å². The maximum absolute atomic E-state index is 12.9. The van der Waals surface area contributed by atoms with E-state index in [0.29, 0.717) is 18.0 Å². The quantitative estimate of drug-likeness (QED) is 0.777. The van der Waals surface area contributed by atoms with Crippen LogP contribution < -0.4 is 5.32 Å². The molecule has 0 spiro atoms. The lowest BCUT2D eigenvalue weighted by Gasteiger charge is -2.08. The molecule has 1 atom stereocenters. The highest BCUT2D eigenvalue weighted by atomic mass is 19.1. The van der Waals surface area contributed by atoms with Crippen LogP contribution in [0.5, 0.6) is 0 Å². The Morgan fingerprint density at radius 1 is 1.50 bits per heavy atom. The maximum Gasteiger partial charge on any atom is 0.224 e. The number of carbonyl (C=O) groups is 1. The van der Waals surface area contributed by atoms with Gasteiger partial charge in [0.2, 0.25) is 5.91 Å². The summed E-state index contributed by atoms with van der Waals surface area (Å²) < 4.78 is 12.9. The molecule has 84 valence electrons. The van der Waals surface area contributed by atoms with Crippen LogP contribution in [-0.4, -0.2) is 5.91 Å². The number of anilines is 1. The molecule has 0 fully saturated rings. The highest BCUT2D eigenvalue weighted by Crippen LogP contribution is 2.21. The molecule has 0 heterocycles. The van der Waals surface area contributed by atoms with Gasteiger partial charge in [-0.2, -0.15) is 0 Å². The molecule has 3 heteroatoms. The summed E-state index contributed by atoms with van der Waals surface area (Å²) in [6, 6.07) is 5.95. The lowest BCUT2D eigenvalue weighted by atomic mass is 10.1. The summed E-state index contributed by atoms with van der Waals surface area (Å²) in [5, 5.41) is 2.70. The fourth-order valence-electron chi connectivity index (χ4n) is 1.88. The lowest BCUT2D eigenvalue weighted by molar-refractivity contribution is -0.116. The Balaban J connectivity index is 1.89. The van der Waals surface area contributed by atoms with Gasteiger partial charge in [0.15, 0.2) is 0 Å². The summed E-state index contributed by atoms with van der Waals surface area (Å²) in [7, 11) is 0. The molecule has 1 aliphatic carbocycles. The van der Waals surface area contributed by atoms with E-state index in [-0.39, 0.29) is 11.7 Å². The molecule has 0 saturated heterocycles. The minimum atomic E-state index is -0.335. The van der Waals surface area contributed by atoms with E-state index >= 15 is 0 Å². The first kappa shape index (κ1) is 10.9. The van der Waals surface area contributed by atoms with Crippen molar-refractivity contribution in [2.24, 2.45) is 5.92 Å². The van der Waals surface area contributed by atoms with E-state index in [1.54, 1.807) is 12.1 Å². The summed E-state index contributed by atoms with van der Waals surface area (Å²) >= 11 is 0. The third-order valence-electron chi connectivity index (χ3n) is 2.67. The molecule has 1 unspecified atom stereocenters. The SMILES string of the molecule is O=C(CC1C=CCC1)Nc1cccc(F)c1. The predicted octanol–water partition coefficient (Wildman–Crippen LogP) is 3.12. The van der Waals surface area contributed by atoms with E-state index in [2.05, 4.69) is 17.5 Å². The third kappa shape index (κ3) is 2.92. The standard InChI is InChI=1S/C13H14FNO/c14-11-6-3-7-12(9-11)15-13(16)8-10-4-1-2-5-10/h1,3-4,6-7,9-10H,2,5,8H2,(H,15,16). The largest absolute Gasteiger partial charge is 0.326 e. The molecule has 1 N–H and O–H groups in total. The number of nitrogens with one attached hydrogen (secondary N) is 1. The van der Waals surface area contributed by atoms with Gasteiger partial charge in [-0.3, -0.25) is 4.79 Å². The van der Waals surface area contributed by atoms with E-state index in [0.717, 1.165) is 12.8 Å². The van der Waals surface area contributed by atoms with Crippen LogP contribution in [0.2, 0.25) is 0 Å². The number of hydrogen-bond donors (Lipinski definition) is 1. The second kappa shape index (κ2) is 4.92. The van der Waals surface area contributed by atoms with Gasteiger partial charge in [-0.15, -0.1) is 0 Å². The lowest BCUT2D eigenvalue weighted by Crippen LogP contribution is -2.14. The normalized spacial score (nSPS) is 18.7. The number of hydrogen-bond acceptors (Lipinski definition) is 1. The number of allylic oxidation sites excluding steroid dienone is 2. The Bertz CT molecular complexity index is 414. The van der Waals surface area contributed by atoms with Crippen molar-refractivity contribution in [3.8, 4) is 0 Å². The number of amides is 1. The zero-order chi connectivity index (χ0) is 11.4. The van der Waals surface area contributed by atoms with Crippen molar-refractivity contribution in [3.63, 3.8) is 0 Å². The summed E-state index contributed by atoms with van der Waals surface area (Å²) in [4.78, 5) is 11.6. The van der Waals surface area contributed by atoms with E-state index in [1.807, 2.05) is 0 Å². The molecule has 1 aromatic carbocycles. The molecule has 0 saturated carbocycles. The van der Waals surface area contributed by atoms with Gasteiger partial charge >= 0.3 is 0 Å². The molecule has 1 amide bonds. The van der Waals surface area contributed by atoms with Gasteiger partial charge in [0.25, 0.3) is 0 Å². The zero-order valence-electron chi connectivity index (χ0n) is 8.95. The van der Waals surface area contributed by atoms with Crippen LogP contribution >= 0.6 is 0 Å². The molecular formula is C13H14FNO. The smallest absolute Gasteiger partial charge is 0.224 e. The zero-order valence-corrected chi connectivity index (χ0v) is 8.95. The topological polar surface area (TPSA) is 29.1 Å². The van der Waals surface area contributed by atoms with Crippen LogP contribution in [0.15, 0.2) is 36.4 Å². The molecule has 1 aliphatic rings. The molecule has 2 nitrogen and oxygen atoms in total. The van der Waals surface area contributed by atoms with Crippen molar-refractivity contribution in [2.75, 3.05) is 5.32 Å². The van der Waals surface area contributed by atoms with Gasteiger partial charge < -0.3 is 5.32 Å². The number of carbonyl (C=O) groups excluding carboxylic acids is 1. The minimum Gasteiger partial charge on any atom is -0.326 e. The predicted molar refractivity (Wildman–Crippen MR) is 61.5 cm³/mol. The highest BCUT2D eigenvalue weighted by molar-refractivity contribution is 5.90. The highest BCUT2D eigenvalue weighted by Gasteiger charge is 2.13. The summed E-state index contributed by atoms with van der Waals surface area (Å²) in [6.07, 6.45) is 6.74. The molecule has 0 aliphatic heterocycles. The number of rotatable bonds is 3. The van der Waals surface area contributed by atoms with Crippen molar-refractivity contribution in [3.05, 3.63) is 42.2 Å². The Labute approximate surface area is 94.2 Å². The Hall–Kier alpha value is -1.64. The van der Waals surface area contributed by atoms with Crippen LogP contribution in [0.25, 0.3) is 0 Å².